The Kier molecular flexibility index (Phi) is 4.82. The molecule has 9 heteroatoms. The average Bonchev–Trinajstić information content (AvgIpc) is 3.02. The summed E-state index contributed by atoms with van der Waals surface area (Å²) in [4.78, 5) is 19.0. The molecule has 0 aliphatic carbocycles. The number of anilines is 3. The van der Waals surface area contributed by atoms with E-state index in [-0.39, 0.29) is 24.1 Å². The fourth-order valence-corrected chi connectivity index (χ4v) is 2.36. The Bertz CT molecular complexity index is 781. The molecule has 0 saturated heterocycles. The summed E-state index contributed by atoms with van der Waals surface area (Å²) in [6.07, 6.45) is 2.17. The lowest BCUT2D eigenvalue weighted by Gasteiger charge is -2.11. The molecular weight excluding hydrogens is 326 g/mol. The van der Waals surface area contributed by atoms with E-state index in [9.17, 15) is 10.1 Å². The van der Waals surface area contributed by atoms with Crippen molar-refractivity contribution < 1.29 is 14.4 Å². The van der Waals surface area contributed by atoms with Crippen molar-refractivity contribution in [3.8, 4) is 11.5 Å². The van der Waals surface area contributed by atoms with Crippen LogP contribution in [0.4, 0.5) is 23.0 Å². The zero-order valence-corrected chi connectivity index (χ0v) is 14.0. The van der Waals surface area contributed by atoms with Crippen molar-refractivity contribution in [1.29, 1.82) is 0 Å². The summed E-state index contributed by atoms with van der Waals surface area (Å²) in [5.74, 6) is 2.02. The minimum Gasteiger partial charge on any atom is -0.454 e. The van der Waals surface area contributed by atoms with Gasteiger partial charge in [0.05, 0.1) is 4.92 Å². The Hall–Kier alpha value is -3.10. The lowest BCUT2D eigenvalue weighted by molar-refractivity contribution is -0.383. The van der Waals surface area contributed by atoms with E-state index >= 15 is 0 Å². The summed E-state index contributed by atoms with van der Waals surface area (Å²) in [7, 11) is 0. The summed E-state index contributed by atoms with van der Waals surface area (Å²) in [6, 6.07) is 5.19. The predicted octanol–water partition coefficient (Wildman–Crippen LogP) is 3.32. The predicted molar refractivity (Wildman–Crippen MR) is 92.5 cm³/mol. The maximum Gasteiger partial charge on any atom is 0.353 e. The van der Waals surface area contributed by atoms with Gasteiger partial charge >= 0.3 is 5.69 Å². The van der Waals surface area contributed by atoms with E-state index in [1.54, 1.807) is 18.2 Å². The number of nitro groups is 1. The molecule has 2 N–H and O–H groups in total. The van der Waals surface area contributed by atoms with Gasteiger partial charge in [-0.15, -0.1) is 0 Å². The fourth-order valence-electron chi connectivity index (χ4n) is 2.36. The topological polar surface area (TPSA) is 111 Å². The molecule has 0 spiro atoms. The Balaban J connectivity index is 1.84. The third-order valence-corrected chi connectivity index (χ3v) is 3.65. The van der Waals surface area contributed by atoms with Gasteiger partial charge in [0.25, 0.3) is 0 Å². The second kappa shape index (κ2) is 7.20. The highest BCUT2D eigenvalue weighted by atomic mass is 16.7. The number of nitrogens with one attached hydrogen (secondary N) is 2. The molecule has 0 unspecified atom stereocenters. The average molecular weight is 345 g/mol. The van der Waals surface area contributed by atoms with Crippen molar-refractivity contribution in [2.45, 2.75) is 20.3 Å². The summed E-state index contributed by atoms with van der Waals surface area (Å²) >= 11 is 0. The summed E-state index contributed by atoms with van der Waals surface area (Å²) in [5.41, 5.74) is 0.420. The van der Waals surface area contributed by atoms with E-state index in [4.69, 9.17) is 9.47 Å². The second-order valence-electron chi connectivity index (χ2n) is 5.98. The van der Waals surface area contributed by atoms with Crippen molar-refractivity contribution in [2.24, 2.45) is 5.92 Å². The van der Waals surface area contributed by atoms with Crippen LogP contribution in [0.5, 0.6) is 11.5 Å². The van der Waals surface area contributed by atoms with Gasteiger partial charge in [-0.3, -0.25) is 10.1 Å². The molecule has 0 fully saturated rings. The van der Waals surface area contributed by atoms with Crippen LogP contribution < -0.4 is 20.1 Å². The summed E-state index contributed by atoms with van der Waals surface area (Å²) in [5, 5.41) is 17.5. The van der Waals surface area contributed by atoms with Gasteiger partial charge in [0.2, 0.25) is 18.4 Å². The molecule has 0 atom stereocenters. The van der Waals surface area contributed by atoms with Crippen LogP contribution in [0, 0.1) is 16.0 Å². The molecule has 1 aliphatic heterocycles. The van der Waals surface area contributed by atoms with Crippen LogP contribution >= 0.6 is 0 Å². The van der Waals surface area contributed by atoms with E-state index in [1.165, 1.54) is 6.33 Å². The largest absolute Gasteiger partial charge is 0.454 e. The highest BCUT2D eigenvalue weighted by molar-refractivity contribution is 5.74. The number of rotatable bonds is 7. The van der Waals surface area contributed by atoms with Crippen LogP contribution in [-0.2, 0) is 0 Å². The van der Waals surface area contributed by atoms with Gasteiger partial charge in [-0.05, 0) is 24.5 Å². The van der Waals surface area contributed by atoms with Crippen LogP contribution in [0.3, 0.4) is 0 Å². The van der Waals surface area contributed by atoms with E-state index in [0.29, 0.717) is 29.6 Å². The van der Waals surface area contributed by atoms with Crippen molar-refractivity contribution in [1.82, 2.24) is 9.97 Å². The first kappa shape index (κ1) is 16.7. The molecule has 1 aliphatic rings. The molecule has 0 saturated carbocycles. The highest BCUT2D eigenvalue weighted by Gasteiger charge is 2.23. The van der Waals surface area contributed by atoms with Gasteiger partial charge in [0.15, 0.2) is 11.5 Å². The summed E-state index contributed by atoms with van der Waals surface area (Å²) < 4.78 is 10.6. The number of ether oxygens (including phenoxy) is 2. The number of hydrogen-bond acceptors (Lipinski definition) is 8. The SMILES string of the molecule is CC(C)CCNc1ncnc(Nc2ccc3c(c2)OCO3)c1[N+](=O)[O-]. The van der Waals surface area contributed by atoms with Crippen molar-refractivity contribution in [2.75, 3.05) is 24.0 Å². The molecule has 2 heterocycles. The molecule has 3 rings (SSSR count). The quantitative estimate of drug-likeness (QED) is 0.580. The van der Waals surface area contributed by atoms with Crippen molar-refractivity contribution >= 4 is 23.0 Å². The highest BCUT2D eigenvalue weighted by Crippen LogP contribution is 2.37. The van der Waals surface area contributed by atoms with Crippen LogP contribution in [-0.4, -0.2) is 28.2 Å². The maximum absolute atomic E-state index is 11.5. The van der Waals surface area contributed by atoms with Gasteiger partial charge in [-0.1, -0.05) is 13.8 Å². The maximum atomic E-state index is 11.5. The standard InChI is InChI=1S/C16H19N5O4/c1-10(2)5-6-17-15-14(21(22)23)16(19-8-18-15)20-11-3-4-12-13(7-11)25-9-24-12/h3-4,7-8,10H,5-6,9H2,1-2H3,(H2,17,18,19,20). The molecule has 0 radical (unpaired) electrons. The van der Waals surface area contributed by atoms with Gasteiger partial charge < -0.3 is 20.1 Å². The molecule has 1 aromatic heterocycles. The molecule has 0 bridgehead atoms. The Labute approximate surface area is 144 Å². The lowest BCUT2D eigenvalue weighted by Crippen LogP contribution is -2.10. The van der Waals surface area contributed by atoms with E-state index in [1.807, 2.05) is 0 Å². The Morgan fingerprint density at radius 1 is 1.24 bits per heavy atom. The Morgan fingerprint density at radius 2 is 2.00 bits per heavy atom. The third-order valence-electron chi connectivity index (χ3n) is 3.65. The second-order valence-corrected chi connectivity index (χ2v) is 5.98. The van der Waals surface area contributed by atoms with E-state index < -0.39 is 4.92 Å². The minimum atomic E-state index is -0.493. The van der Waals surface area contributed by atoms with Crippen LogP contribution in [0.15, 0.2) is 24.5 Å². The number of nitrogens with zero attached hydrogens (tertiary/aromatic N) is 3. The van der Waals surface area contributed by atoms with Crippen LogP contribution in [0.1, 0.15) is 20.3 Å². The first-order chi connectivity index (χ1) is 12.0. The molecule has 2 aromatic rings. The van der Waals surface area contributed by atoms with Crippen molar-refractivity contribution in [3.05, 3.63) is 34.6 Å². The zero-order valence-electron chi connectivity index (χ0n) is 14.0. The molecular formula is C16H19N5O4. The van der Waals surface area contributed by atoms with Crippen LogP contribution in [0.2, 0.25) is 0 Å². The Morgan fingerprint density at radius 3 is 2.76 bits per heavy atom. The number of fused-ring (bicyclic) bond motifs is 1. The van der Waals surface area contributed by atoms with Gasteiger partial charge in [-0.25, -0.2) is 9.97 Å². The molecule has 25 heavy (non-hydrogen) atoms. The van der Waals surface area contributed by atoms with Gasteiger partial charge in [0.1, 0.15) is 6.33 Å². The zero-order chi connectivity index (χ0) is 17.8. The number of aromatic nitrogens is 2. The number of benzene rings is 1. The first-order valence-corrected chi connectivity index (χ1v) is 7.94. The normalized spacial score (nSPS) is 12.3. The molecule has 0 amide bonds. The number of hydrogen-bond donors (Lipinski definition) is 2. The smallest absolute Gasteiger partial charge is 0.353 e. The fraction of sp³-hybridized carbons (Fsp3) is 0.375. The molecule has 132 valence electrons. The van der Waals surface area contributed by atoms with Crippen LogP contribution in [0.25, 0.3) is 0 Å². The summed E-state index contributed by atoms with van der Waals surface area (Å²) in [6.45, 7) is 4.93. The van der Waals surface area contributed by atoms with E-state index in [0.717, 1.165) is 6.42 Å². The van der Waals surface area contributed by atoms with E-state index in [2.05, 4.69) is 34.4 Å². The minimum absolute atomic E-state index is 0.117. The molecule has 1 aromatic carbocycles. The van der Waals surface area contributed by atoms with Gasteiger partial charge in [0, 0.05) is 18.3 Å². The first-order valence-electron chi connectivity index (χ1n) is 7.94. The monoisotopic (exact) mass is 345 g/mol. The molecule has 9 nitrogen and oxygen atoms in total. The van der Waals surface area contributed by atoms with Crippen molar-refractivity contribution in [3.63, 3.8) is 0 Å². The lowest BCUT2D eigenvalue weighted by atomic mass is 10.1. The van der Waals surface area contributed by atoms with Gasteiger partial charge in [-0.2, -0.15) is 0 Å². The third kappa shape index (κ3) is 3.87.